The molecule has 0 bridgehead atoms. The first-order chi connectivity index (χ1) is 16.3. The van der Waals surface area contributed by atoms with Crippen molar-refractivity contribution in [1.82, 2.24) is 10.1 Å². The number of amides is 4. The van der Waals surface area contributed by atoms with Crippen LogP contribution in [0.4, 0.5) is 0 Å². The van der Waals surface area contributed by atoms with Gasteiger partial charge in [0.05, 0.1) is 12.8 Å². The fourth-order valence-corrected chi connectivity index (χ4v) is 3.96. The Kier molecular flexibility index (Phi) is 20.0. The zero-order chi connectivity index (χ0) is 28.4. The summed E-state index contributed by atoms with van der Waals surface area (Å²) in [5, 5.41) is 32.6. The Balaban J connectivity index is -0.000000471. The van der Waals surface area contributed by atoms with Crippen LogP contribution in [0.15, 0.2) is 0 Å². The Morgan fingerprint density at radius 3 is 1.08 bits per heavy atom. The molecule has 0 aliphatic carbocycles. The second-order valence-electron chi connectivity index (χ2n) is 7.16. The SMILES string of the molecule is O=C([O-])CCCCCCC(=O)[O-].O=C1CC(S(=O)(=O)O)C(=O)N1O.O=C1CC(S(=O)(=O)O)C(=O)N1O.[Na+].[Na+]. The number of hydrogen-bond acceptors (Lipinski definition) is 14. The summed E-state index contributed by atoms with van der Waals surface area (Å²) >= 11 is 0. The molecule has 0 spiro atoms. The van der Waals surface area contributed by atoms with Crippen LogP contribution in [-0.2, 0) is 49.0 Å². The van der Waals surface area contributed by atoms with Gasteiger partial charge in [-0.15, -0.1) is 0 Å². The third kappa shape index (κ3) is 14.9. The molecule has 2 rings (SSSR count). The van der Waals surface area contributed by atoms with E-state index in [1.54, 1.807) is 0 Å². The molecule has 0 saturated carbocycles. The molecule has 0 aromatic rings. The van der Waals surface area contributed by atoms with Crippen molar-refractivity contribution in [3.05, 3.63) is 0 Å². The van der Waals surface area contributed by atoms with Crippen molar-refractivity contribution in [2.24, 2.45) is 0 Å². The molecule has 4 amide bonds. The van der Waals surface area contributed by atoms with Crippen molar-refractivity contribution < 1.29 is 134 Å². The fraction of sp³-hybridized carbons (Fsp3) is 0.625. The largest absolute Gasteiger partial charge is 1.00 e. The van der Waals surface area contributed by atoms with Crippen LogP contribution in [0.5, 0.6) is 0 Å². The summed E-state index contributed by atoms with van der Waals surface area (Å²) in [5.74, 6) is -6.81. The molecule has 4 N–H and O–H groups in total. The second-order valence-corrected chi connectivity index (χ2v) is 10.4. The van der Waals surface area contributed by atoms with Crippen LogP contribution in [0.3, 0.4) is 0 Å². The van der Waals surface area contributed by atoms with Gasteiger partial charge in [0.1, 0.15) is 0 Å². The summed E-state index contributed by atoms with van der Waals surface area (Å²) in [7, 11) is -9.18. The Morgan fingerprint density at radius 1 is 0.684 bits per heavy atom. The zero-order valence-corrected chi connectivity index (χ0v) is 25.8. The van der Waals surface area contributed by atoms with E-state index in [0.717, 1.165) is 12.8 Å². The number of unbranched alkanes of at least 4 members (excludes halogenated alkanes) is 3. The van der Waals surface area contributed by atoms with Gasteiger partial charge in [-0.2, -0.15) is 27.0 Å². The number of hydroxylamine groups is 4. The molecular formula is C16H22N2Na2O16S2. The monoisotopic (exact) mass is 608 g/mol. The van der Waals surface area contributed by atoms with E-state index >= 15 is 0 Å². The molecule has 0 aromatic carbocycles. The Hall–Kier alpha value is -1.04. The summed E-state index contributed by atoms with van der Waals surface area (Å²) < 4.78 is 58.3. The van der Waals surface area contributed by atoms with E-state index < -0.39 is 79.1 Å². The van der Waals surface area contributed by atoms with Gasteiger partial charge in [-0.1, -0.05) is 12.8 Å². The van der Waals surface area contributed by atoms with E-state index in [-0.39, 0.29) is 82.1 Å². The first kappa shape index (κ1) is 41.4. The van der Waals surface area contributed by atoms with Crippen LogP contribution in [0, 0.1) is 0 Å². The van der Waals surface area contributed by atoms with Gasteiger partial charge in [-0.05, 0) is 25.7 Å². The molecule has 22 heteroatoms. The maximum Gasteiger partial charge on any atom is 1.00 e. The normalized spacial score (nSPS) is 18.9. The molecule has 206 valence electrons. The molecule has 0 radical (unpaired) electrons. The zero-order valence-electron chi connectivity index (χ0n) is 20.2. The number of nitrogens with zero attached hydrogens (tertiary/aromatic N) is 2. The predicted molar refractivity (Wildman–Crippen MR) is 105 cm³/mol. The minimum atomic E-state index is -4.59. The molecule has 2 heterocycles. The van der Waals surface area contributed by atoms with E-state index in [9.17, 15) is 55.8 Å². The van der Waals surface area contributed by atoms with Crippen LogP contribution < -0.4 is 69.3 Å². The van der Waals surface area contributed by atoms with Crippen molar-refractivity contribution in [2.75, 3.05) is 0 Å². The third-order valence-corrected chi connectivity index (χ3v) is 6.57. The van der Waals surface area contributed by atoms with E-state index in [0.29, 0.717) is 12.8 Å². The standard InChI is InChI=1S/C8H14O4.2C4H5NO6S.2Na/c9-7(10)5-3-1-2-4-6-8(11)12;2*6-3-1-2(12(9,10)11)4(7)5(3)8;;/h1-6H2,(H,9,10)(H,11,12);2*2,8H,1H2,(H,9,10,11);;/q;;;2*+1/p-2. The summed E-state index contributed by atoms with van der Waals surface area (Å²) in [5.41, 5.74) is 0. The number of aliphatic carboxylic acids is 2. The van der Waals surface area contributed by atoms with Gasteiger partial charge in [0, 0.05) is 11.9 Å². The third-order valence-electron chi connectivity index (χ3n) is 4.39. The Bertz CT molecular complexity index is 1010. The molecule has 2 fully saturated rings. The summed E-state index contributed by atoms with van der Waals surface area (Å²) in [6.07, 6.45) is 1.30. The van der Waals surface area contributed by atoms with Crippen LogP contribution >= 0.6 is 0 Å². The van der Waals surface area contributed by atoms with Crippen molar-refractivity contribution in [3.8, 4) is 0 Å². The number of carbonyl (C=O) groups excluding carboxylic acids is 6. The van der Waals surface area contributed by atoms with Gasteiger partial charge >= 0.3 is 59.1 Å². The number of carboxylic acid groups (broad SMARTS) is 2. The summed E-state index contributed by atoms with van der Waals surface area (Å²) in [4.78, 5) is 62.2. The molecular weight excluding hydrogens is 586 g/mol. The number of imide groups is 2. The molecule has 2 saturated heterocycles. The van der Waals surface area contributed by atoms with Crippen molar-refractivity contribution in [3.63, 3.8) is 0 Å². The van der Waals surface area contributed by atoms with Crippen molar-refractivity contribution in [1.29, 1.82) is 0 Å². The molecule has 18 nitrogen and oxygen atoms in total. The quantitative estimate of drug-likeness (QED) is 0.0620. The maximum absolute atomic E-state index is 10.7. The van der Waals surface area contributed by atoms with E-state index in [1.165, 1.54) is 0 Å². The van der Waals surface area contributed by atoms with Gasteiger partial charge in [0.2, 0.25) is 0 Å². The topological polar surface area (TPSA) is 304 Å². The van der Waals surface area contributed by atoms with E-state index in [1.807, 2.05) is 0 Å². The van der Waals surface area contributed by atoms with E-state index in [2.05, 4.69) is 0 Å². The van der Waals surface area contributed by atoms with Crippen LogP contribution in [-0.4, -0.2) is 92.5 Å². The van der Waals surface area contributed by atoms with Gasteiger partial charge in [0.15, 0.2) is 10.5 Å². The minimum absolute atomic E-state index is 0. The Labute approximate surface area is 260 Å². The first-order valence-electron chi connectivity index (χ1n) is 9.74. The molecule has 2 unspecified atom stereocenters. The van der Waals surface area contributed by atoms with Gasteiger partial charge in [-0.3, -0.25) is 38.7 Å². The predicted octanol–water partition coefficient (Wildman–Crippen LogP) is -10.4. The van der Waals surface area contributed by atoms with Gasteiger partial charge in [-0.25, -0.2) is 0 Å². The number of carbonyl (C=O) groups is 6. The van der Waals surface area contributed by atoms with Gasteiger partial charge in [0.25, 0.3) is 43.9 Å². The van der Waals surface area contributed by atoms with Gasteiger partial charge < -0.3 is 19.8 Å². The minimum Gasteiger partial charge on any atom is -0.550 e. The number of hydrogen-bond donors (Lipinski definition) is 4. The molecule has 0 aromatic heterocycles. The average molecular weight is 608 g/mol. The average Bonchev–Trinajstić information content (AvgIpc) is 3.15. The second kappa shape index (κ2) is 18.3. The Morgan fingerprint density at radius 2 is 0.947 bits per heavy atom. The first-order valence-corrected chi connectivity index (χ1v) is 12.7. The smallest absolute Gasteiger partial charge is 0.550 e. The van der Waals surface area contributed by atoms with Crippen molar-refractivity contribution >= 4 is 55.8 Å². The number of rotatable bonds is 9. The maximum atomic E-state index is 10.7. The molecule has 38 heavy (non-hydrogen) atoms. The van der Waals surface area contributed by atoms with Crippen LogP contribution in [0.2, 0.25) is 0 Å². The van der Waals surface area contributed by atoms with Crippen LogP contribution in [0.1, 0.15) is 51.4 Å². The summed E-state index contributed by atoms with van der Waals surface area (Å²) in [6, 6.07) is 0. The van der Waals surface area contributed by atoms with Crippen molar-refractivity contribution in [2.45, 2.75) is 61.9 Å². The fourth-order valence-electron chi connectivity index (χ4n) is 2.54. The van der Waals surface area contributed by atoms with Crippen LogP contribution in [0.25, 0.3) is 0 Å². The number of carboxylic acids is 2. The summed E-state index contributed by atoms with van der Waals surface area (Å²) in [6.45, 7) is 0. The molecule has 2 atom stereocenters. The van der Waals surface area contributed by atoms with E-state index in [4.69, 9.17) is 19.5 Å². The molecule has 2 aliphatic rings. The molecule has 2 aliphatic heterocycles.